The minimum Gasteiger partial charge on any atom is -0.490 e. The highest BCUT2D eigenvalue weighted by molar-refractivity contribution is 7.98. The van der Waals surface area contributed by atoms with Crippen molar-refractivity contribution in [2.75, 3.05) is 18.6 Å². The van der Waals surface area contributed by atoms with Gasteiger partial charge in [0.25, 0.3) is 0 Å². The molecule has 5 nitrogen and oxygen atoms in total. The van der Waals surface area contributed by atoms with Crippen LogP contribution in [-0.2, 0) is 17.9 Å². The summed E-state index contributed by atoms with van der Waals surface area (Å²) >= 11 is 8.07. The first-order valence-electron chi connectivity index (χ1n) is 9.53. The number of benzene rings is 2. The Morgan fingerprint density at radius 1 is 1.21 bits per heavy atom. The second-order valence-electron chi connectivity index (χ2n) is 6.65. The van der Waals surface area contributed by atoms with E-state index in [9.17, 15) is 9.90 Å². The molecule has 0 aliphatic rings. The fourth-order valence-electron chi connectivity index (χ4n) is 2.72. The molecule has 158 valence electrons. The zero-order valence-corrected chi connectivity index (χ0v) is 18.6. The van der Waals surface area contributed by atoms with Gasteiger partial charge in [0.05, 0.1) is 6.61 Å². The summed E-state index contributed by atoms with van der Waals surface area (Å²) in [4.78, 5) is 11.4. The first-order valence-corrected chi connectivity index (χ1v) is 11.3. The van der Waals surface area contributed by atoms with Crippen molar-refractivity contribution in [1.29, 1.82) is 0 Å². The highest BCUT2D eigenvalue weighted by Gasteiger charge is 2.18. The van der Waals surface area contributed by atoms with Gasteiger partial charge in [-0.1, -0.05) is 41.4 Å². The number of ether oxygens (including phenoxy) is 2. The summed E-state index contributed by atoms with van der Waals surface area (Å²) < 4.78 is 11.7. The maximum atomic E-state index is 11.4. The number of carbonyl (C=O) groups is 1. The maximum Gasteiger partial charge on any atom is 0.320 e. The van der Waals surface area contributed by atoms with E-state index in [1.807, 2.05) is 50.4 Å². The molecule has 0 radical (unpaired) electrons. The Kier molecular flexibility index (Phi) is 9.64. The molecule has 0 saturated carbocycles. The predicted octanol–water partition coefficient (Wildman–Crippen LogP) is 4.92. The van der Waals surface area contributed by atoms with Gasteiger partial charge in [-0.15, -0.1) is 0 Å². The van der Waals surface area contributed by atoms with Crippen molar-refractivity contribution in [3.63, 3.8) is 0 Å². The lowest BCUT2D eigenvalue weighted by Crippen LogP contribution is -2.36. The Hall–Kier alpha value is -1.89. The maximum absolute atomic E-state index is 11.4. The number of hydrogen-bond acceptors (Lipinski definition) is 5. The van der Waals surface area contributed by atoms with E-state index < -0.39 is 12.0 Å². The van der Waals surface area contributed by atoms with Crippen LogP contribution in [0, 0.1) is 6.92 Å². The summed E-state index contributed by atoms with van der Waals surface area (Å²) in [6.45, 7) is 5.17. The molecule has 2 rings (SSSR count). The highest BCUT2D eigenvalue weighted by atomic mass is 35.5. The molecule has 0 saturated heterocycles. The summed E-state index contributed by atoms with van der Waals surface area (Å²) in [5.41, 5.74) is 3.02. The van der Waals surface area contributed by atoms with Crippen molar-refractivity contribution >= 4 is 29.3 Å². The molecule has 0 heterocycles. The summed E-state index contributed by atoms with van der Waals surface area (Å²) in [5, 5.41) is 13.0. The molecule has 0 amide bonds. The smallest absolute Gasteiger partial charge is 0.320 e. The summed E-state index contributed by atoms with van der Waals surface area (Å²) in [6, 6.07) is 11.1. The topological polar surface area (TPSA) is 67.8 Å². The van der Waals surface area contributed by atoms with Gasteiger partial charge in [-0.05, 0) is 49.5 Å². The van der Waals surface area contributed by atoms with E-state index in [0.717, 1.165) is 16.9 Å². The fourth-order valence-corrected chi connectivity index (χ4v) is 3.41. The van der Waals surface area contributed by atoms with E-state index in [1.54, 1.807) is 17.8 Å². The molecule has 2 aromatic rings. The van der Waals surface area contributed by atoms with Gasteiger partial charge >= 0.3 is 5.97 Å². The summed E-state index contributed by atoms with van der Waals surface area (Å²) in [7, 11) is 0. The van der Waals surface area contributed by atoms with Crippen LogP contribution in [0.15, 0.2) is 36.4 Å². The molecule has 29 heavy (non-hydrogen) atoms. The molecule has 0 aliphatic heterocycles. The number of rotatable bonds is 12. The van der Waals surface area contributed by atoms with Crippen LogP contribution in [-0.4, -0.2) is 35.7 Å². The van der Waals surface area contributed by atoms with Crippen LogP contribution in [0.3, 0.4) is 0 Å². The molecule has 0 aromatic heterocycles. The minimum atomic E-state index is -0.863. The van der Waals surface area contributed by atoms with Gasteiger partial charge < -0.3 is 19.9 Å². The lowest BCUT2D eigenvalue weighted by atomic mass is 10.1. The Morgan fingerprint density at radius 3 is 2.52 bits per heavy atom. The Bertz CT molecular complexity index is 798. The average molecular weight is 438 g/mol. The first-order chi connectivity index (χ1) is 13.9. The Morgan fingerprint density at radius 2 is 1.90 bits per heavy atom. The third-order valence-electron chi connectivity index (χ3n) is 4.38. The molecular weight excluding hydrogens is 410 g/mol. The van der Waals surface area contributed by atoms with E-state index in [-0.39, 0.29) is 0 Å². The van der Waals surface area contributed by atoms with Crippen LogP contribution < -0.4 is 14.8 Å². The monoisotopic (exact) mass is 437 g/mol. The van der Waals surface area contributed by atoms with Crippen LogP contribution in [0.1, 0.15) is 30.0 Å². The van der Waals surface area contributed by atoms with Crippen LogP contribution in [0.2, 0.25) is 5.02 Å². The first kappa shape index (κ1) is 23.4. The van der Waals surface area contributed by atoms with Crippen molar-refractivity contribution in [3.8, 4) is 11.5 Å². The van der Waals surface area contributed by atoms with Gasteiger partial charge in [-0.2, -0.15) is 11.8 Å². The van der Waals surface area contributed by atoms with Crippen molar-refractivity contribution in [2.45, 2.75) is 39.5 Å². The van der Waals surface area contributed by atoms with Gasteiger partial charge in [0.2, 0.25) is 0 Å². The van der Waals surface area contributed by atoms with Gasteiger partial charge in [-0.25, -0.2) is 0 Å². The van der Waals surface area contributed by atoms with Gasteiger partial charge in [-0.3, -0.25) is 4.79 Å². The summed E-state index contributed by atoms with van der Waals surface area (Å²) in [5.74, 6) is 1.07. The Balaban J connectivity index is 2.11. The molecule has 0 fully saturated rings. The van der Waals surface area contributed by atoms with E-state index in [0.29, 0.717) is 42.7 Å². The van der Waals surface area contributed by atoms with E-state index in [1.165, 1.54) is 5.56 Å². The largest absolute Gasteiger partial charge is 0.490 e. The second kappa shape index (κ2) is 12.0. The number of carboxylic acid groups (broad SMARTS) is 1. The number of aryl methyl sites for hydroxylation is 1. The number of carboxylic acids is 1. The van der Waals surface area contributed by atoms with Crippen LogP contribution in [0.5, 0.6) is 11.5 Å². The molecule has 2 N–H and O–H groups in total. The Labute approximate surface area is 181 Å². The molecule has 1 atom stereocenters. The van der Waals surface area contributed by atoms with Crippen LogP contribution in [0.25, 0.3) is 0 Å². The summed E-state index contributed by atoms with van der Waals surface area (Å²) in [6.07, 6.45) is 2.50. The standard InChI is InChI=1S/C22H28ClNO4S/c1-4-27-20-11-17(13-24-19(22(25)26)9-10-29-3)18(23)12-21(20)28-14-16-7-5-15(2)6-8-16/h5-8,11-12,19,24H,4,9-10,13-14H2,1-3H3,(H,25,26). The van der Waals surface area contributed by atoms with E-state index in [4.69, 9.17) is 21.1 Å². The zero-order chi connectivity index (χ0) is 21.2. The number of thioether (sulfide) groups is 1. The van der Waals surface area contributed by atoms with Crippen molar-refractivity contribution in [1.82, 2.24) is 5.32 Å². The van der Waals surface area contributed by atoms with Crippen molar-refractivity contribution in [2.24, 2.45) is 0 Å². The van der Waals surface area contributed by atoms with E-state index >= 15 is 0 Å². The third-order valence-corrected chi connectivity index (χ3v) is 5.37. The SMILES string of the molecule is CCOc1cc(CNC(CCSC)C(=O)O)c(Cl)cc1OCc1ccc(C)cc1. The number of aliphatic carboxylic acids is 1. The lowest BCUT2D eigenvalue weighted by Gasteiger charge is -2.17. The third kappa shape index (κ3) is 7.46. The number of nitrogens with one attached hydrogen (secondary N) is 1. The molecular formula is C22H28ClNO4S. The fraction of sp³-hybridized carbons (Fsp3) is 0.409. The predicted molar refractivity (Wildman–Crippen MR) is 119 cm³/mol. The van der Waals surface area contributed by atoms with Crippen molar-refractivity contribution in [3.05, 3.63) is 58.1 Å². The number of hydrogen-bond donors (Lipinski definition) is 2. The minimum absolute atomic E-state index is 0.336. The van der Waals surface area contributed by atoms with E-state index in [2.05, 4.69) is 5.32 Å². The quantitative estimate of drug-likeness (QED) is 0.491. The average Bonchev–Trinajstić information content (AvgIpc) is 2.69. The second-order valence-corrected chi connectivity index (χ2v) is 8.04. The van der Waals surface area contributed by atoms with Gasteiger partial charge in [0, 0.05) is 17.6 Å². The van der Waals surface area contributed by atoms with Gasteiger partial charge in [0.1, 0.15) is 12.6 Å². The van der Waals surface area contributed by atoms with Gasteiger partial charge in [0.15, 0.2) is 11.5 Å². The molecule has 2 aromatic carbocycles. The molecule has 0 spiro atoms. The highest BCUT2D eigenvalue weighted by Crippen LogP contribution is 2.34. The van der Waals surface area contributed by atoms with Crippen LogP contribution in [0.4, 0.5) is 0 Å². The molecule has 0 aliphatic carbocycles. The molecule has 1 unspecified atom stereocenters. The lowest BCUT2D eigenvalue weighted by molar-refractivity contribution is -0.139. The number of halogens is 1. The van der Waals surface area contributed by atoms with Crippen LogP contribution >= 0.6 is 23.4 Å². The molecule has 7 heteroatoms. The zero-order valence-electron chi connectivity index (χ0n) is 17.0. The molecule has 0 bridgehead atoms. The van der Waals surface area contributed by atoms with Crippen molar-refractivity contribution < 1.29 is 19.4 Å². The normalized spacial score (nSPS) is 11.9.